The van der Waals surface area contributed by atoms with Gasteiger partial charge in [0.2, 0.25) is 0 Å². The maximum Gasteiger partial charge on any atom is 0.144 e. The molecule has 0 saturated heterocycles. The van der Waals surface area contributed by atoms with Gasteiger partial charge in [0, 0.05) is 11.1 Å². The lowest BCUT2D eigenvalue weighted by Gasteiger charge is -2.08. The molecule has 0 fully saturated rings. The van der Waals surface area contributed by atoms with Crippen molar-refractivity contribution in [2.24, 2.45) is 0 Å². The summed E-state index contributed by atoms with van der Waals surface area (Å²) in [6.07, 6.45) is 10.0. The monoisotopic (exact) mass is 285 g/mol. The largest absolute Gasteiger partial charge is 0.505 e. The second kappa shape index (κ2) is 8.02. The smallest absolute Gasteiger partial charge is 0.144 e. The van der Waals surface area contributed by atoms with Crippen LogP contribution in [0.5, 0.6) is 5.75 Å². The van der Waals surface area contributed by atoms with Crippen LogP contribution in [0.25, 0.3) is 10.9 Å². The number of unbranched alkanes of at least 4 members (excludes halogenated alkanes) is 6. The average molecular weight is 285 g/mol. The fourth-order valence-corrected chi connectivity index (χ4v) is 2.79. The molecule has 0 saturated carbocycles. The Bertz CT molecular complexity index is 577. The second-order valence-corrected chi connectivity index (χ2v) is 5.97. The molecule has 0 unspecified atom stereocenters. The molecule has 0 radical (unpaired) electrons. The van der Waals surface area contributed by atoms with Crippen molar-refractivity contribution in [3.05, 3.63) is 35.5 Å². The van der Waals surface area contributed by atoms with Gasteiger partial charge in [-0.2, -0.15) is 0 Å². The van der Waals surface area contributed by atoms with Gasteiger partial charge in [0.25, 0.3) is 0 Å². The molecular formula is C19H27NO. The van der Waals surface area contributed by atoms with E-state index in [0.717, 1.165) is 35.0 Å². The summed E-state index contributed by atoms with van der Waals surface area (Å²) >= 11 is 0. The molecule has 0 aliphatic heterocycles. The first-order chi connectivity index (χ1) is 10.2. The van der Waals surface area contributed by atoms with Crippen LogP contribution in [-0.4, -0.2) is 10.1 Å². The van der Waals surface area contributed by atoms with Crippen molar-refractivity contribution in [1.82, 2.24) is 4.98 Å². The van der Waals surface area contributed by atoms with Gasteiger partial charge in [-0.1, -0.05) is 63.6 Å². The summed E-state index contributed by atoms with van der Waals surface area (Å²) in [4.78, 5) is 4.46. The van der Waals surface area contributed by atoms with Crippen LogP contribution in [0.3, 0.4) is 0 Å². The Morgan fingerprint density at radius 3 is 2.33 bits per heavy atom. The predicted octanol–water partition coefficient (Wildman–Crippen LogP) is 5.54. The highest BCUT2D eigenvalue weighted by Gasteiger charge is 2.07. The number of aromatic hydroxyl groups is 1. The summed E-state index contributed by atoms with van der Waals surface area (Å²) in [5.74, 6) is 0.377. The molecule has 2 nitrogen and oxygen atoms in total. The molecule has 1 heterocycles. The molecule has 0 aliphatic rings. The fraction of sp³-hybridized carbons (Fsp3) is 0.526. The number of nitrogens with zero attached hydrogens (tertiary/aromatic N) is 1. The number of aryl methyl sites for hydroxylation is 2. The Balaban J connectivity index is 1.89. The number of aromatic nitrogens is 1. The first kappa shape index (κ1) is 15.8. The Morgan fingerprint density at radius 2 is 1.57 bits per heavy atom. The van der Waals surface area contributed by atoms with E-state index in [9.17, 15) is 5.11 Å². The van der Waals surface area contributed by atoms with Crippen LogP contribution in [-0.2, 0) is 6.42 Å². The highest BCUT2D eigenvalue weighted by atomic mass is 16.3. The Hall–Kier alpha value is -1.57. The third-order valence-corrected chi connectivity index (χ3v) is 4.11. The SMILES string of the molecule is CCCCCCCCCc1ccc2ccc(C)nc2c1O. The van der Waals surface area contributed by atoms with E-state index in [0.29, 0.717) is 5.75 Å². The molecule has 0 bridgehead atoms. The summed E-state index contributed by atoms with van der Waals surface area (Å²) in [6, 6.07) is 8.12. The van der Waals surface area contributed by atoms with E-state index in [-0.39, 0.29) is 0 Å². The third kappa shape index (κ3) is 4.45. The summed E-state index contributed by atoms with van der Waals surface area (Å²) in [6.45, 7) is 4.21. The van der Waals surface area contributed by atoms with Crippen LogP contribution in [0.15, 0.2) is 24.3 Å². The van der Waals surface area contributed by atoms with Crippen molar-refractivity contribution in [2.75, 3.05) is 0 Å². The second-order valence-electron chi connectivity index (χ2n) is 5.97. The molecule has 1 aromatic carbocycles. The maximum absolute atomic E-state index is 10.4. The van der Waals surface area contributed by atoms with Gasteiger partial charge in [-0.25, -0.2) is 4.98 Å². The van der Waals surface area contributed by atoms with Crippen LogP contribution in [0.1, 0.15) is 63.1 Å². The molecular weight excluding hydrogens is 258 g/mol. The van der Waals surface area contributed by atoms with Crippen molar-refractivity contribution in [1.29, 1.82) is 0 Å². The molecule has 1 N–H and O–H groups in total. The normalized spacial score (nSPS) is 11.1. The lowest BCUT2D eigenvalue weighted by molar-refractivity contribution is 0.471. The van der Waals surface area contributed by atoms with Crippen molar-refractivity contribution in [3.8, 4) is 5.75 Å². The van der Waals surface area contributed by atoms with Gasteiger partial charge in [0.1, 0.15) is 11.3 Å². The summed E-state index contributed by atoms with van der Waals surface area (Å²) in [5, 5.41) is 11.4. The van der Waals surface area contributed by atoms with Crippen molar-refractivity contribution in [3.63, 3.8) is 0 Å². The molecule has 0 amide bonds. The number of phenolic OH excluding ortho intramolecular Hbond substituents is 1. The Kier molecular flexibility index (Phi) is 6.04. The van der Waals surface area contributed by atoms with Crippen molar-refractivity contribution < 1.29 is 5.11 Å². The number of pyridine rings is 1. The molecule has 21 heavy (non-hydrogen) atoms. The van der Waals surface area contributed by atoms with Crippen LogP contribution >= 0.6 is 0 Å². The van der Waals surface area contributed by atoms with Crippen LogP contribution in [0.2, 0.25) is 0 Å². The molecule has 2 rings (SSSR count). The fourth-order valence-electron chi connectivity index (χ4n) is 2.79. The summed E-state index contributed by atoms with van der Waals surface area (Å²) in [5.41, 5.74) is 2.73. The molecule has 0 atom stereocenters. The van der Waals surface area contributed by atoms with E-state index in [4.69, 9.17) is 0 Å². The summed E-state index contributed by atoms with van der Waals surface area (Å²) in [7, 11) is 0. The molecule has 0 aliphatic carbocycles. The van der Waals surface area contributed by atoms with Gasteiger partial charge in [0.15, 0.2) is 0 Å². The number of rotatable bonds is 8. The zero-order valence-electron chi connectivity index (χ0n) is 13.4. The molecule has 0 spiro atoms. The number of benzene rings is 1. The maximum atomic E-state index is 10.4. The first-order valence-corrected chi connectivity index (χ1v) is 8.30. The van der Waals surface area contributed by atoms with E-state index in [1.54, 1.807) is 0 Å². The number of hydrogen-bond acceptors (Lipinski definition) is 2. The minimum Gasteiger partial charge on any atom is -0.505 e. The van der Waals surface area contributed by atoms with E-state index in [1.165, 1.54) is 38.5 Å². The van der Waals surface area contributed by atoms with E-state index < -0.39 is 0 Å². The molecule has 2 heteroatoms. The Morgan fingerprint density at radius 1 is 0.905 bits per heavy atom. The Labute approximate surface area is 128 Å². The highest BCUT2D eigenvalue weighted by Crippen LogP contribution is 2.28. The molecule has 1 aromatic heterocycles. The zero-order valence-corrected chi connectivity index (χ0v) is 13.4. The van der Waals surface area contributed by atoms with Gasteiger partial charge in [0.05, 0.1) is 0 Å². The van der Waals surface area contributed by atoms with E-state index in [2.05, 4.69) is 18.0 Å². The molecule has 2 aromatic rings. The number of hydrogen-bond donors (Lipinski definition) is 1. The first-order valence-electron chi connectivity index (χ1n) is 8.30. The molecule has 114 valence electrons. The zero-order chi connectivity index (χ0) is 15.1. The van der Waals surface area contributed by atoms with Crippen LogP contribution < -0.4 is 0 Å². The third-order valence-electron chi connectivity index (χ3n) is 4.11. The minimum absolute atomic E-state index is 0.377. The van der Waals surface area contributed by atoms with Gasteiger partial charge in [-0.15, -0.1) is 0 Å². The van der Waals surface area contributed by atoms with Gasteiger partial charge in [-0.3, -0.25) is 0 Å². The van der Waals surface area contributed by atoms with Gasteiger partial charge >= 0.3 is 0 Å². The number of phenols is 1. The quantitative estimate of drug-likeness (QED) is 0.646. The number of fused-ring (bicyclic) bond motifs is 1. The van der Waals surface area contributed by atoms with Crippen LogP contribution in [0, 0.1) is 6.92 Å². The van der Waals surface area contributed by atoms with E-state index >= 15 is 0 Å². The van der Waals surface area contributed by atoms with Crippen molar-refractivity contribution in [2.45, 2.75) is 65.2 Å². The van der Waals surface area contributed by atoms with E-state index in [1.807, 2.05) is 25.1 Å². The van der Waals surface area contributed by atoms with Crippen molar-refractivity contribution >= 4 is 10.9 Å². The standard InChI is InChI=1S/C19H27NO/c1-3-4-5-6-7-8-9-10-17-14-13-16-12-11-15(2)20-18(16)19(17)21/h11-14,21H,3-10H2,1-2H3. The lowest BCUT2D eigenvalue weighted by atomic mass is 10.0. The van der Waals surface area contributed by atoms with Gasteiger partial charge in [-0.05, 0) is 31.4 Å². The van der Waals surface area contributed by atoms with Gasteiger partial charge < -0.3 is 5.11 Å². The topological polar surface area (TPSA) is 33.1 Å². The predicted molar refractivity (Wildman–Crippen MR) is 89.8 cm³/mol. The minimum atomic E-state index is 0.377. The summed E-state index contributed by atoms with van der Waals surface area (Å²) < 4.78 is 0. The van der Waals surface area contributed by atoms with Crippen LogP contribution in [0.4, 0.5) is 0 Å². The lowest BCUT2D eigenvalue weighted by Crippen LogP contribution is -1.91. The average Bonchev–Trinajstić information content (AvgIpc) is 2.49. The highest BCUT2D eigenvalue weighted by molar-refractivity contribution is 5.85.